The molecule has 0 heterocycles. The van der Waals surface area contributed by atoms with E-state index in [1.54, 1.807) is 36.7 Å². The van der Waals surface area contributed by atoms with Crippen molar-refractivity contribution in [1.82, 2.24) is 10.6 Å². The van der Waals surface area contributed by atoms with Gasteiger partial charge in [-0.2, -0.15) is 0 Å². The molecule has 0 aromatic heterocycles. The molecule has 0 aliphatic heterocycles. The van der Waals surface area contributed by atoms with Crippen LogP contribution in [-0.4, -0.2) is 24.7 Å². The van der Waals surface area contributed by atoms with Crippen LogP contribution in [0.5, 0.6) is 0 Å². The molecule has 0 fully saturated rings. The van der Waals surface area contributed by atoms with Crippen molar-refractivity contribution in [3.63, 3.8) is 0 Å². The third-order valence-corrected chi connectivity index (χ3v) is 3.70. The van der Waals surface area contributed by atoms with Crippen LogP contribution < -0.4 is 10.6 Å². The Bertz CT molecular complexity index is 585. The van der Waals surface area contributed by atoms with E-state index in [0.29, 0.717) is 0 Å². The largest absolute Gasteiger partial charge is 0.390 e. The molecule has 0 unspecified atom stereocenters. The van der Waals surface area contributed by atoms with Crippen LogP contribution >= 0.6 is 0 Å². The Morgan fingerprint density at radius 1 is 0.704 bits per heavy atom. The summed E-state index contributed by atoms with van der Waals surface area (Å²) in [7, 11) is 0. The van der Waals surface area contributed by atoms with Crippen molar-refractivity contribution in [2.24, 2.45) is 0 Å². The van der Waals surface area contributed by atoms with Crippen molar-refractivity contribution >= 4 is 11.6 Å². The van der Waals surface area contributed by atoms with Crippen molar-refractivity contribution in [1.29, 1.82) is 0 Å². The Balaban J connectivity index is 0.000000483. The van der Waals surface area contributed by atoms with E-state index in [1.807, 2.05) is 24.3 Å². The Kier molecular flexibility index (Phi) is 14.9. The van der Waals surface area contributed by atoms with Gasteiger partial charge < -0.3 is 10.6 Å². The zero-order chi connectivity index (χ0) is 19.0. The quantitative estimate of drug-likeness (QED) is 0.474. The van der Waals surface area contributed by atoms with Crippen LogP contribution in [0.2, 0.25) is 0 Å². The summed E-state index contributed by atoms with van der Waals surface area (Å²) in [4.78, 5) is 22.4. The molecule has 0 radical (unpaired) electrons. The summed E-state index contributed by atoms with van der Waals surface area (Å²) in [5.41, 5.74) is 1.47. The van der Waals surface area contributed by atoms with Crippen molar-refractivity contribution < 1.29 is 27.0 Å². The molecule has 0 bridgehead atoms. The third-order valence-electron chi connectivity index (χ3n) is 3.70. The summed E-state index contributed by atoms with van der Waals surface area (Å²) in [5.74, 6) is 0.151. The van der Waals surface area contributed by atoms with Crippen LogP contribution in [-0.2, 0) is 27.0 Å². The standard InChI is InChI=1S/2C11H15NO.Cr/c2*1-2-3-8-12-9-10-6-4-5-7-11(10)13;/h2*4-7,9,12H,2-3,8H2,1H3;. The van der Waals surface area contributed by atoms with Gasteiger partial charge >= 0.3 is 0 Å². The van der Waals surface area contributed by atoms with E-state index in [0.717, 1.165) is 37.1 Å². The molecule has 0 spiro atoms. The van der Waals surface area contributed by atoms with Gasteiger partial charge in [-0.05, 0) is 37.1 Å². The van der Waals surface area contributed by atoms with Gasteiger partial charge in [0.25, 0.3) is 0 Å². The minimum Gasteiger partial charge on any atom is -0.390 e. The fraction of sp³-hybridized carbons (Fsp3) is 0.364. The zero-order valence-corrected chi connectivity index (χ0v) is 17.5. The smallest absolute Gasteiger partial charge is 0.187 e. The summed E-state index contributed by atoms with van der Waals surface area (Å²) < 4.78 is 0. The number of nitrogens with one attached hydrogen (secondary N) is 2. The first kappa shape index (κ1) is 24.9. The summed E-state index contributed by atoms with van der Waals surface area (Å²) in [6.07, 6.45) is 22.2. The fourth-order valence-electron chi connectivity index (χ4n) is 2.12. The maximum atomic E-state index is 11.2. The zero-order valence-electron chi connectivity index (χ0n) is 16.2. The molecule has 2 aliphatic rings. The van der Waals surface area contributed by atoms with Gasteiger partial charge in [0.15, 0.2) is 11.6 Å². The first-order valence-electron chi connectivity index (χ1n) is 9.34. The van der Waals surface area contributed by atoms with E-state index in [2.05, 4.69) is 24.5 Å². The van der Waals surface area contributed by atoms with Crippen molar-refractivity contribution in [3.8, 4) is 0 Å². The maximum absolute atomic E-state index is 11.2. The van der Waals surface area contributed by atoms with E-state index in [1.165, 1.54) is 12.8 Å². The Morgan fingerprint density at radius 2 is 1.07 bits per heavy atom. The van der Waals surface area contributed by atoms with Crippen LogP contribution in [0.25, 0.3) is 0 Å². The first-order chi connectivity index (χ1) is 12.7. The van der Waals surface area contributed by atoms with E-state index in [-0.39, 0.29) is 28.9 Å². The predicted octanol–water partition coefficient (Wildman–Crippen LogP) is 3.91. The van der Waals surface area contributed by atoms with Gasteiger partial charge in [-0.25, -0.2) is 0 Å². The number of unbranched alkanes of at least 4 members (excludes halogenated alkanes) is 2. The number of ketones is 2. The number of hydrogen-bond acceptors (Lipinski definition) is 4. The first-order valence-corrected chi connectivity index (χ1v) is 9.34. The second kappa shape index (κ2) is 16.1. The van der Waals surface area contributed by atoms with Crippen LogP contribution in [0.15, 0.2) is 72.2 Å². The van der Waals surface area contributed by atoms with Gasteiger partial charge in [0.1, 0.15) is 0 Å². The van der Waals surface area contributed by atoms with Crippen molar-refractivity contribution in [2.75, 3.05) is 13.1 Å². The number of rotatable bonds is 8. The Labute approximate surface area is 174 Å². The molecule has 0 aromatic rings. The van der Waals surface area contributed by atoms with Crippen LogP contribution in [0, 0.1) is 0 Å². The fourth-order valence-corrected chi connectivity index (χ4v) is 2.12. The molecule has 2 N–H and O–H groups in total. The molecule has 4 nitrogen and oxygen atoms in total. The molecule has 27 heavy (non-hydrogen) atoms. The summed E-state index contributed by atoms with van der Waals surface area (Å²) in [5, 5.41) is 6.24. The number of carbonyl (C=O) groups is 2. The number of carbonyl (C=O) groups excluding carboxylic acids is 2. The van der Waals surface area contributed by atoms with Crippen LogP contribution in [0.4, 0.5) is 0 Å². The van der Waals surface area contributed by atoms with Crippen LogP contribution in [0.3, 0.4) is 0 Å². The van der Waals surface area contributed by atoms with E-state index < -0.39 is 0 Å². The predicted molar refractivity (Wildman–Crippen MR) is 109 cm³/mol. The second-order valence-electron chi connectivity index (χ2n) is 5.98. The molecule has 0 amide bonds. The van der Waals surface area contributed by atoms with Gasteiger partial charge in [-0.1, -0.05) is 51.0 Å². The molecule has 0 saturated heterocycles. The van der Waals surface area contributed by atoms with E-state index >= 15 is 0 Å². The Morgan fingerprint density at radius 3 is 1.41 bits per heavy atom. The molecule has 2 aliphatic carbocycles. The van der Waals surface area contributed by atoms with Crippen molar-refractivity contribution in [2.45, 2.75) is 39.5 Å². The average Bonchev–Trinajstić information content (AvgIpc) is 2.66. The minimum atomic E-state index is 0. The molecular formula is C22H30CrN2O2. The third kappa shape index (κ3) is 11.3. The minimum absolute atomic E-state index is 0. The molecule has 2 rings (SSSR count). The second-order valence-corrected chi connectivity index (χ2v) is 5.98. The summed E-state index contributed by atoms with van der Waals surface area (Å²) in [6.45, 7) is 6.15. The normalized spacial score (nSPS) is 17.6. The summed E-state index contributed by atoms with van der Waals surface area (Å²) in [6, 6.07) is 0. The SMILES string of the molecule is CCCCNC=C1C=CC=CC1=O.CCCCNC=C1C=CC=CC1=O.[Cr]. The van der Waals surface area contributed by atoms with Crippen molar-refractivity contribution in [3.05, 3.63) is 72.2 Å². The molecule has 0 saturated carbocycles. The molecule has 0 atom stereocenters. The topological polar surface area (TPSA) is 58.2 Å². The molecule has 146 valence electrons. The number of allylic oxidation sites excluding steroid dienone is 10. The van der Waals surface area contributed by atoms with Gasteiger partial charge in [0, 0.05) is 54.0 Å². The molecular weight excluding hydrogens is 376 g/mol. The molecule has 0 aromatic carbocycles. The van der Waals surface area contributed by atoms with Gasteiger partial charge in [0.05, 0.1) is 0 Å². The van der Waals surface area contributed by atoms with Gasteiger partial charge in [-0.3, -0.25) is 9.59 Å². The summed E-state index contributed by atoms with van der Waals surface area (Å²) >= 11 is 0. The monoisotopic (exact) mass is 406 g/mol. The van der Waals surface area contributed by atoms with Crippen LogP contribution in [0.1, 0.15) is 39.5 Å². The number of hydrogen-bond donors (Lipinski definition) is 2. The van der Waals surface area contributed by atoms with Gasteiger partial charge in [0.2, 0.25) is 0 Å². The Hall–Kier alpha value is -2.09. The van der Waals surface area contributed by atoms with Gasteiger partial charge in [-0.15, -0.1) is 0 Å². The van der Waals surface area contributed by atoms with E-state index in [9.17, 15) is 9.59 Å². The maximum Gasteiger partial charge on any atom is 0.187 e. The average molecular weight is 406 g/mol. The molecule has 5 heteroatoms. The van der Waals surface area contributed by atoms with E-state index in [4.69, 9.17) is 0 Å².